The first kappa shape index (κ1) is 13.6. The molecule has 0 aromatic carbocycles. The Kier molecular flexibility index (Phi) is 6.74. The van der Waals surface area contributed by atoms with E-state index in [1.807, 2.05) is 20.8 Å². The van der Waals surface area contributed by atoms with E-state index in [1.54, 1.807) is 11.8 Å². The molecule has 0 atom stereocenters. The number of amides is 1. The van der Waals surface area contributed by atoms with Crippen LogP contribution in [0.5, 0.6) is 0 Å². The summed E-state index contributed by atoms with van der Waals surface area (Å²) in [5, 5.41) is 11.2. The van der Waals surface area contributed by atoms with Crippen molar-refractivity contribution in [3.63, 3.8) is 0 Å². The normalized spacial score (nSPS) is 11.1. The van der Waals surface area contributed by atoms with Crippen LogP contribution in [-0.2, 0) is 4.74 Å². The molecule has 0 aromatic heterocycles. The quantitative estimate of drug-likeness (QED) is 0.686. The molecule has 0 saturated carbocycles. The number of ether oxygens (including phenoxy) is 1. The molecule has 84 valence electrons. The summed E-state index contributed by atoms with van der Waals surface area (Å²) >= 11 is 1.56. The fourth-order valence-corrected chi connectivity index (χ4v) is 1.24. The van der Waals surface area contributed by atoms with Gasteiger partial charge in [-0.2, -0.15) is 11.8 Å². The van der Waals surface area contributed by atoms with Crippen LogP contribution in [-0.4, -0.2) is 41.5 Å². The van der Waals surface area contributed by atoms with Gasteiger partial charge in [0.1, 0.15) is 6.61 Å². The van der Waals surface area contributed by atoms with Crippen LogP contribution in [0, 0.1) is 0 Å². The second kappa shape index (κ2) is 6.95. The van der Waals surface area contributed by atoms with E-state index in [0.29, 0.717) is 12.4 Å². The van der Waals surface area contributed by atoms with E-state index < -0.39 is 0 Å². The lowest BCUT2D eigenvalue weighted by Gasteiger charge is -2.19. The predicted molar refractivity (Wildman–Crippen MR) is 58.6 cm³/mol. The van der Waals surface area contributed by atoms with Gasteiger partial charge in [-0.25, -0.2) is 4.79 Å². The summed E-state index contributed by atoms with van der Waals surface area (Å²) in [6.45, 7) is 6.24. The van der Waals surface area contributed by atoms with Gasteiger partial charge in [0, 0.05) is 17.0 Å². The minimum absolute atomic E-state index is 0.166. The maximum Gasteiger partial charge on any atom is 0.407 e. The van der Waals surface area contributed by atoms with Crippen LogP contribution in [0.25, 0.3) is 0 Å². The molecule has 0 rings (SSSR count). The Balaban J connectivity index is 3.36. The number of carbonyl (C=O) groups excluding carboxylic acids is 1. The molecule has 2 N–H and O–H groups in total. The number of nitrogens with one attached hydrogen (secondary N) is 1. The van der Waals surface area contributed by atoms with Gasteiger partial charge in [0.15, 0.2) is 0 Å². The van der Waals surface area contributed by atoms with Gasteiger partial charge in [0.05, 0.1) is 6.61 Å². The molecule has 0 aliphatic rings. The second-order valence-corrected chi connectivity index (χ2v) is 5.07. The third kappa shape index (κ3) is 9.67. The molecule has 0 saturated heterocycles. The molecule has 0 bridgehead atoms. The average molecular weight is 221 g/mol. The van der Waals surface area contributed by atoms with Gasteiger partial charge in [-0.3, -0.25) is 0 Å². The topological polar surface area (TPSA) is 58.6 Å². The van der Waals surface area contributed by atoms with E-state index in [2.05, 4.69) is 5.32 Å². The number of hydrogen-bond acceptors (Lipinski definition) is 4. The summed E-state index contributed by atoms with van der Waals surface area (Å²) in [5.74, 6) is 1.41. The molecule has 0 aromatic rings. The lowest BCUT2D eigenvalue weighted by Crippen LogP contribution is -2.41. The molecule has 14 heavy (non-hydrogen) atoms. The first-order valence-corrected chi connectivity index (χ1v) is 5.75. The van der Waals surface area contributed by atoms with Crippen LogP contribution in [0.1, 0.15) is 20.8 Å². The maximum absolute atomic E-state index is 11.1. The van der Waals surface area contributed by atoms with Crippen molar-refractivity contribution in [3.8, 4) is 0 Å². The third-order valence-electron chi connectivity index (χ3n) is 1.17. The van der Waals surface area contributed by atoms with Crippen molar-refractivity contribution in [2.45, 2.75) is 26.3 Å². The SMILES string of the molecule is CC(C)(C)NC(=O)OCCSCCO. The number of thioether (sulfide) groups is 1. The summed E-state index contributed by atoms with van der Waals surface area (Å²) in [6.07, 6.45) is -0.387. The Hall–Kier alpha value is -0.420. The molecular formula is C9H19NO3S. The van der Waals surface area contributed by atoms with E-state index in [1.165, 1.54) is 0 Å². The van der Waals surface area contributed by atoms with Gasteiger partial charge in [-0.1, -0.05) is 0 Å². The summed E-state index contributed by atoms with van der Waals surface area (Å²) in [7, 11) is 0. The van der Waals surface area contributed by atoms with Crippen molar-refractivity contribution in [1.29, 1.82) is 0 Å². The Morgan fingerprint density at radius 1 is 1.43 bits per heavy atom. The van der Waals surface area contributed by atoms with E-state index in [4.69, 9.17) is 9.84 Å². The molecular weight excluding hydrogens is 202 g/mol. The van der Waals surface area contributed by atoms with E-state index in [-0.39, 0.29) is 18.2 Å². The zero-order valence-corrected chi connectivity index (χ0v) is 9.82. The van der Waals surface area contributed by atoms with Crippen LogP contribution in [0.15, 0.2) is 0 Å². The summed E-state index contributed by atoms with van der Waals surface area (Å²) in [4.78, 5) is 11.1. The van der Waals surface area contributed by atoms with Crippen molar-refractivity contribution in [2.75, 3.05) is 24.7 Å². The number of hydrogen-bond donors (Lipinski definition) is 2. The third-order valence-corrected chi connectivity index (χ3v) is 2.10. The zero-order valence-electron chi connectivity index (χ0n) is 9.00. The van der Waals surface area contributed by atoms with Gasteiger partial charge in [0.2, 0.25) is 0 Å². The first-order valence-electron chi connectivity index (χ1n) is 4.59. The molecule has 4 nitrogen and oxygen atoms in total. The molecule has 0 heterocycles. The number of aliphatic hydroxyl groups excluding tert-OH is 1. The van der Waals surface area contributed by atoms with Gasteiger partial charge in [0.25, 0.3) is 0 Å². The van der Waals surface area contributed by atoms with Crippen LogP contribution in [0.4, 0.5) is 4.79 Å². The molecule has 0 radical (unpaired) electrons. The standard InChI is InChI=1S/C9H19NO3S/c1-9(2,3)10-8(12)13-5-7-14-6-4-11/h11H,4-7H2,1-3H3,(H,10,12). The monoisotopic (exact) mass is 221 g/mol. The van der Waals surface area contributed by atoms with Gasteiger partial charge < -0.3 is 15.2 Å². The van der Waals surface area contributed by atoms with Crippen molar-refractivity contribution < 1.29 is 14.6 Å². The van der Waals surface area contributed by atoms with Crippen LogP contribution >= 0.6 is 11.8 Å². The minimum atomic E-state index is -0.387. The molecule has 0 unspecified atom stereocenters. The Morgan fingerprint density at radius 3 is 2.57 bits per heavy atom. The van der Waals surface area contributed by atoms with Crippen molar-refractivity contribution >= 4 is 17.9 Å². The van der Waals surface area contributed by atoms with Crippen LogP contribution in [0.2, 0.25) is 0 Å². The van der Waals surface area contributed by atoms with Gasteiger partial charge >= 0.3 is 6.09 Å². The van der Waals surface area contributed by atoms with Crippen LogP contribution < -0.4 is 5.32 Å². The fourth-order valence-electron chi connectivity index (χ4n) is 0.702. The average Bonchev–Trinajstić information content (AvgIpc) is 2.00. The van der Waals surface area contributed by atoms with Crippen LogP contribution in [0.3, 0.4) is 0 Å². The van der Waals surface area contributed by atoms with Gasteiger partial charge in [-0.05, 0) is 20.8 Å². The molecule has 0 aliphatic heterocycles. The second-order valence-electron chi connectivity index (χ2n) is 3.85. The molecule has 0 aliphatic carbocycles. The lowest BCUT2D eigenvalue weighted by atomic mass is 10.1. The Morgan fingerprint density at radius 2 is 2.07 bits per heavy atom. The Labute approximate surface area is 89.4 Å². The molecule has 1 amide bonds. The zero-order chi connectivity index (χ0) is 11.0. The highest BCUT2D eigenvalue weighted by atomic mass is 32.2. The Bertz CT molecular complexity index is 168. The first-order chi connectivity index (χ1) is 6.45. The largest absolute Gasteiger partial charge is 0.449 e. The van der Waals surface area contributed by atoms with E-state index >= 15 is 0 Å². The highest BCUT2D eigenvalue weighted by Crippen LogP contribution is 2.01. The van der Waals surface area contributed by atoms with Crippen molar-refractivity contribution in [1.82, 2.24) is 5.32 Å². The highest BCUT2D eigenvalue weighted by Gasteiger charge is 2.13. The maximum atomic E-state index is 11.1. The van der Waals surface area contributed by atoms with Gasteiger partial charge in [-0.15, -0.1) is 0 Å². The lowest BCUT2D eigenvalue weighted by molar-refractivity contribution is 0.144. The number of rotatable bonds is 5. The van der Waals surface area contributed by atoms with Crippen molar-refractivity contribution in [2.24, 2.45) is 0 Å². The predicted octanol–water partition coefficient (Wildman–Crippen LogP) is 1.24. The fraction of sp³-hybridized carbons (Fsp3) is 0.889. The molecule has 0 spiro atoms. The van der Waals surface area contributed by atoms with E-state index in [0.717, 1.165) is 5.75 Å². The summed E-state index contributed by atoms with van der Waals surface area (Å²) in [5.41, 5.74) is -0.255. The number of alkyl carbamates (subject to hydrolysis) is 1. The smallest absolute Gasteiger partial charge is 0.407 e. The highest BCUT2D eigenvalue weighted by molar-refractivity contribution is 7.99. The van der Waals surface area contributed by atoms with Crippen molar-refractivity contribution in [3.05, 3.63) is 0 Å². The van der Waals surface area contributed by atoms with E-state index in [9.17, 15) is 4.79 Å². The molecule has 0 fully saturated rings. The summed E-state index contributed by atoms with van der Waals surface area (Å²) in [6, 6.07) is 0. The number of carbonyl (C=O) groups is 1. The summed E-state index contributed by atoms with van der Waals surface area (Å²) < 4.78 is 4.91. The number of aliphatic hydroxyl groups is 1. The minimum Gasteiger partial charge on any atom is -0.449 e. The molecule has 5 heteroatoms.